The van der Waals surface area contributed by atoms with E-state index in [2.05, 4.69) is 10.0 Å². The van der Waals surface area contributed by atoms with Crippen molar-refractivity contribution in [2.24, 2.45) is 17.8 Å². The van der Waals surface area contributed by atoms with Crippen molar-refractivity contribution in [1.82, 2.24) is 10.0 Å². The van der Waals surface area contributed by atoms with Crippen LogP contribution in [-0.2, 0) is 19.9 Å². The summed E-state index contributed by atoms with van der Waals surface area (Å²) in [6.07, 6.45) is 7.38. The Hall–Kier alpha value is -1.45. The van der Waals surface area contributed by atoms with Crippen LogP contribution in [0.2, 0.25) is 0 Å². The second-order valence-corrected chi connectivity index (χ2v) is 13.8. The number of sulfonamides is 1. The van der Waals surface area contributed by atoms with Gasteiger partial charge in [-0.25, -0.2) is 21.6 Å². The average molecular weight is 453 g/mol. The summed E-state index contributed by atoms with van der Waals surface area (Å²) in [6.45, 7) is 0. The fourth-order valence-corrected chi connectivity index (χ4v) is 9.59. The normalized spacial score (nSPS) is 36.7. The highest BCUT2D eigenvalue weighted by Crippen LogP contribution is 2.55. The number of hydrogen-bond acceptors (Lipinski definition) is 5. The lowest BCUT2D eigenvalue weighted by Gasteiger charge is -2.56. The molecule has 0 aromatic heterocycles. The molecule has 7 nitrogen and oxygen atoms in total. The third kappa shape index (κ3) is 3.91. The van der Waals surface area contributed by atoms with Gasteiger partial charge >= 0.3 is 0 Å². The van der Waals surface area contributed by atoms with Crippen LogP contribution in [0.15, 0.2) is 29.2 Å². The molecule has 164 valence electrons. The van der Waals surface area contributed by atoms with E-state index in [4.69, 9.17) is 0 Å². The molecule has 1 aromatic rings. The Morgan fingerprint density at radius 1 is 0.967 bits per heavy atom. The smallest absolute Gasteiger partial charge is 0.251 e. The zero-order chi connectivity index (χ0) is 21.1. The quantitative estimate of drug-likeness (QED) is 0.709. The van der Waals surface area contributed by atoms with E-state index >= 15 is 0 Å². The molecule has 30 heavy (non-hydrogen) atoms. The largest absolute Gasteiger partial charge is 0.347 e. The molecule has 1 aromatic carbocycles. The van der Waals surface area contributed by atoms with E-state index < -0.39 is 25.9 Å². The molecule has 1 atom stereocenters. The van der Waals surface area contributed by atoms with Crippen LogP contribution in [-0.4, -0.2) is 45.8 Å². The van der Waals surface area contributed by atoms with Gasteiger partial charge in [-0.05, 0) is 87.0 Å². The van der Waals surface area contributed by atoms with Crippen LogP contribution in [0.4, 0.5) is 0 Å². The number of sulfone groups is 1. The minimum absolute atomic E-state index is 0.00359. The van der Waals surface area contributed by atoms with Crippen molar-refractivity contribution in [3.8, 4) is 0 Å². The lowest BCUT2D eigenvalue weighted by molar-refractivity contribution is -0.0167. The van der Waals surface area contributed by atoms with Gasteiger partial charge in [-0.3, -0.25) is 4.79 Å². The van der Waals surface area contributed by atoms with Crippen molar-refractivity contribution in [1.29, 1.82) is 0 Å². The van der Waals surface area contributed by atoms with E-state index in [9.17, 15) is 21.6 Å². The van der Waals surface area contributed by atoms with Gasteiger partial charge < -0.3 is 5.32 Å². The van der Waals surface area contributed by atoms with Gasteiger partial charge in [-0.1, -0.05) is 0 Å². The van der Waals surface area contributed by atoms with Gasteiger partial charge in [0.2, 0.25) is 10.0 Å². The minimum Gasteiger partial charge on any atom is -0.347 e. The average Bonchev–Trinajstić information content (AvgIpc) is 2.98. The van der Waals surface area contributed by atoms with Crippen molar-refractivity contribution in [3.63, 3.8) is 0 Å². The molecular weight excluding hydrogens is 424 g/mol. The first-order valence-corrected chi connectivity index (χ1v) is 14.1. The predicted molar refractivity (Wildman–Crippen MR) is 112 cm³/mol. The van der Waals surface area contributed by atoms with E-state index in [1.807, 2.05) is 0 Å². The molecule has 6 rings (SSSR count). The van der Waals surface area contributed by atoms with Crippen molar-refractivity contribution in [2.75, 3.05) is 11.5 Å². The van der Waals surface area contributed by atoms with Crippen molar-refractivity contribution in [2.45, 2.75) is 61.4 Å². The molecule has 4 saturated carbocycles. The third-order valence-electron chi connectivity index (χ3n) is 7.40. The zero-order valence-electron chi connectivity index (χ0n) is 16.8. The Balaban J connectivity index is 1.26. The lowest BCUT2D eigenvalue weighted by Crippen LogP contribution is -2.59. The standard InChI is InChI=1S/C21H28N2O5S2/c24-20(22-21-10-14-7-15(11-21)9-16(8-14)12-21)17-1-3-19(4-2-17)30(27,28)23-18-5-6-29(25,26)13-18/h1-4,14-16,18,23H,5-13H2,(H,22,24)/t14?,15?,16?,18-,21?/m0/s1. The van der Waals surface area contributed by atoms with Gasteiger partial charge in [0.15, 0.2) is 9.84 Å². The van der Waals surface area contributed by atoms with Crippen molar-refractivity contribution >= 4 is 25.8 Å². The number of hydrogen-bond donors (Lipinski definition) is 2. The Morgan fingerprint density at radius 2 is 1.53 bits per heavy atom. The summed E-state index contributed by atoms with van der Waals surface area (Å²) in [7, 11) is -7.00. The van der Waals surface area contributed by atoms with Gasteiger partial charge in [0, 0.05) is 17.1 Å². The maximum atomic E-state index is 12.9. The molecule has 0 radical (unpaired) electrons. The van der Waals surface area contributed by atoms with Gasteiger partial charge in [0.05, 0.1) is 16.4 Å². The van der Waals surface area contributed by atoms with E-state index in [1.165, 1.54) is 43.5 Å². The van der Waals surface area contributed by atoms with Gasteiger partial charge in [-0.2, -0.15) is 0 Å². The summed E-state index contributed by atoms with van der Waals surface area (Å²) < 4.78 is 50.7. The topological polar surface area (TPSA) is 109 Å². The molecule has 1 aliphatic heterocycles. The highest BCUT2D eigenvalue weighted by Gasteiger charge is 2.51. The SMILES string of the molecule is O=C(NC12CC3CC(CC(C3)C1)C2)c1ccc(S(=O)(=O)N[C@H]2CCS(=O)(=O)C2)cc1. The first-order valence-electron chi connectivity index (χ1n) is 10.8. The lowest BCUT2D eigenvalue weighted by atomic mass is 9.53. The summed E-state index contributed by atoms with van der Waals surface area (Å²) in [6, 6.07) is 5.31. The van der Waals surface area contributed by atoms with Crippen LogP contribution in [0.25, 0.3) is 0 Å². The summed E-state index contributed by atoms with van der Waals surface area (Å²) in [5.74, 6) is 1.89. The van der Waals surface area contributed by atoms with Crippen LogP contribution in [0.1, 0.15) is 55.3 Å². The molecule has 1 saturated heterocycles. The fourth-order valence-electron chi connectivity index (χ4n) is 6.54. The van der Waals surface area contributed by atoms with E-state index in [0.717, 1.165) is 37.0 Å². The van der Waals surface area contributed by atoms with Crippen LogP contribution >= 0.6 is 0 Å². The van der Waals surface area contributed by atoms with Crippen LogP contribution in [0.3, 0.4) is 0 Å². The molecule has 5 aliphatic rings. The van der Waals surface area contributed by atoms with Crippen LogP contribution < -0.4 is 10.0 Å². The molecule has 9 heteroatoms. The van der Waals surface area contributed by atoms with Gasteiger partial charge in [0.25, 0.3) is 5.91 Å². The zero-order valence-corrected chi connectivity index (χ0v) is 18.5. The maximum absolute atomic E-state index is 12.9. The molecule has 4 aliphatic carbocycles. The Bertz CT molecular complexity index is 1030. The van der Waals surface area contributed by atoms with E-state index in [0.29, 0.717) is 5.56 Å². The predicted octanol–water partition coefficient (Wildman–Crippen LogP) is 1.85. The second kappa shape index (κ2) is 7.03. The van der Waals surface area contributed by atoms with Crippen molar-refractivity contribution in [3.05, 3.63) is 29.8 Å². The molecular formula is C21H28N2O5S2. The third-order valence-corrected chi connectivity index (χ3v) is 10.7. The molecule has 1 amide bonds. The van der Waals surface area contributed by atoms with Gasteiger partial charge in [-0.15, -0.1) is 0 Å². The maximum Gasteiger partial charge on any atom is 0.251 e. The van der Waals surface area contributed by atoms with Crippen LogP contribution in [0, 0.1) is 17.8 Å². The number of amides is 1. The van der Waals surface area contributed by atoms with E-state index in [1.54, 1.807) is 0 Å². The highest BCUT2D eigenvalue weighted by molar-refractivity contribution is 7.92. The Labute approximate surface area is 178 Å². The molecule has 5 fully saturated rings. The molecule has 0 spiro atoms. The number of rotatable bonds is 5. The molecule has 2 N–H and O–H groups in total. The molecule has 4 bridgehead atoms. The van der Waals surface area contributed by atoms with E-state index in [-0.39, 0.29) is 34.3 Å². The summed E-state index contributed by atoms with van der Waals surface area (Å²) in [4.78, 5) is 12.9. The van der Waals surface area contributed by atoms with Crippen LogP contribution in [0.5, 0.6) is 0 Å². The second-order valence-electron chi connectivity index (χ2n) is 9.90. The molecule has 1 heterocycles. The number of carbonyl (C=O) groups is 1. The first kappa shape index (κ1) is 20.5. The number of carbonyl (C=O) groups excluding carboxylic acids is 1. The fraction of sp³-hybridized carbons (Fsp3) is 0.667. The monoisotopic (exact) mass is 452 g/mol. The molecule has 0 unspecified atom stereocenters. The Kier molecular flexibility index (Phi) is 4.79. The number of nitrogens with one attached hydrogen (secondary N) is 2. The Morgan fingerprint density at radius 3 is 2.03 bits per heavy atom. The summed E-state index contributed by atoms with van der Waals surface area (Å²) >= 11 is 0. The minimum atomic E-state index is -3.83. The highest BCUT2D eigenvalue weighted by atomic mass is 32.2. The van der Waals surface area contributed by atoms with Crippen molar-refractivity contribution < 1.29 is 21.6 Å². The number of benzene rings is 1. The summed E-state index contributed by atoms with van der Waals surface area (Å²) in [5.41, 5.74) is 0.361. The van der Waals surface area contributed by atoms with Gasteiger partial charge in [0.1, 0.15) is 0 Å². The first-order chi connectivity index (χ1) is 14.1. The summed E-state index contributed by atoms with van der Waals surface area (Å²) in [5, 5.41) is 3.30.